The second kappa shape index (κ2) is 4.64. The molecule has 0 atom stereocenters. The summed E-state index contributed by atoms with van der Waals surface area (Å²) in [5, 5.41) is 3.98. The van der Waals surface area contributed by atoms with E-state index in [1.165, 1.54) is 12.1 Å². The third-order valence-electron chi connectivity index (χ3n) is 2.07. The molecule has 1 aromatic heterocycles. The Morgan fingerprint density at radius 3 is 2.59 bits per heavy atom. The van der Waals surface area contributed by atoms with Crippen LogP contribution in [0.15, 0.2) is 18.2 Å². The van der Waals surface area contributed by atoms with Gasteiger partial charge in [-0.2, -0.15) is 5.10 Å². The summed E-state index contributed by atoms with van der Waals surface area (Å²) < 4.78 is 14.2. The van der Waals surface area contributed by atoms with Crippen molar-refractivity contribution in [3.63, 3.8) is 0 Å². The highest BCUT2D eigenvalue weighted by Crippen LogP contribution is 2.29. The first-order valence-corrected chi connectivity index (χ1v) is 5.52. The molecule has 0 amide bonds. The van der Waals surface area contributed by atoms with E-state index in [9.17, 15) is 9.18 Å². The van der Waals surface area contributed by atoms with Gasteiger partial charge in [0.2, 0.25) is 0 Å². The first-order valence-electron chi connectivity index (χ1n) is 4.39. The summed E-state index contributed by atoms with van der Waals surface area (Å²) >= 11 is 17.5. The first kappa shape index (κ1) is 12.4. The summed E-state index contributed by atoms with van der Waals surface area (Å²) in [5.41, 5.74) is 0.250. The quantitative estimate of drug-likeness (QED) is 0.790. The number of hydrogen-bond donors (Lipinski definition) is 0. The number of aromatic nitrogens is 2. The Bertz CT molecular complexity index is 597. The molecule has 0 aliphatic heterocycles. The van der Waals surface area contributed by atoms with E-state index in [1.54, 1.807) is 0 Å². The molecule has 0 saturated carbocycles. The maximum atomic E-state index is 13.1. The van der Waals surface area contributed by atoms with Crippen LogP contribution in [-0.2, 0) is 0 Å². The molecule has 0 aliphatic carbocycles. The van der Waals surface area contributed by atoms with Gasteiger partial charge in [0.25, 0.3) is 0 Å². The van der Waals surface area contributed by atoms with Gasteiger partial charge in [0.15, 0.2) is 11.4 Å². The van der Waals surface area contributed by atoms with E-state index in [0.29, 0.717) is 6.29 Å². The lowest BCUT2D eigenvalue weighted by molar-refractivity contribution is 0.112. The Kier molecular flexibility index (Phi) is 3.38. The number of halogens is 4. The van der Waals surface area contributed by atoms with Crippen molar-refractivity contribution >= 4 is 41.1 Å². The molecule has 88 valence electrons. The SMILES string of the molecule is O=Cc1c(Cl)nn(-c2cc(F)ccc2Cl)c1Cl. The highest BCUT2D eigenvalue weighted by Gasteiger charge is 2.17. The first-order chi connectivity index (χ1) is 8.04. The second-order valence-electron chi connectivity index (χ2n) is 3.12. The highest BCUT2D eigenvalue weighted by atomic mass is 35.5. The molecule has 0 spiro atoms. The van der Waals surface area contributed by atoms with Crippen molar-refractivity contribution in [2.45, 2.75) is 0 Å². The van der Waals surface area contributed by atoms with Crippen molar-refractivity contribution in [2.75, 3.05) is 0 Å². The molecule has 0 fully saturated rings. The lowest BCUT2D eigenvalue weighted by Gasteiger charge is -2.05. The number of aldehydes is 1. The molecule has 2 aromatic rings. The minimum absolute atomic E-state index is 0.0162. The van der Waals surface area contributed by atoms with Crippen LogP contribution < -0.4 is 0 Å². The molecule has 3 nitrogen and oxygen atoms in total. The molecular formula is C10H4Cl3FN2O. The monoisotopic (exact) mass is 292 g/mol. The summed E-state index contributed by atoms with van der Waals surface area (Å²) in [7, 11) is 0. The summed E-state index contributed by atoms with van der Waals surface area (Å²) in [6.45, 7) is 0. The number of carbonyl (C=O) groups is 1. The van der Waals surface area contributed by atoms with E-state index in [2.05, 4.69) is 5.10 Å². The van der Waals surface area contributed by atoms with E-state index in [0.717, 1.165) is 10.7 Å². The van der Waals surface area contributed by atoms with Crippen LogP contribution in [-0.4, -0.2) is 16.1 Å². The molecule has 0 radical (unpaired) electrons. The standard InChI is InChI=1S/C10H4Cl3FN2O/c11-7-2-1-5(14)3-8(7)16-10(13)6(4-17)9(12)15-16/h1-4H. The minimum atomic E-state index is -0.500. The van der Waals surface area contributed by atoms with Crippen molar-refractivity contribution in [2.24, 2.45) is 0 Å². The third kappa shape index (κ3) is 2.16. The molecule has 0 N–H and O–H groups in total. The van der Waals surface area contributed by atoms with Gasteiger partial charge >= 0.3 is 0 Å². The van der Waals surface area contributed by atoms with Gasteiger partial charge in [0, 0.05) is 6.07 Å². The molecule has 0 saturated heterocycles. The Morgan fingerprint density at radius 1 is 1.29 bits per heavy atom. The molecule has 0 bridgehead atoms. The van der Waals surface area contributed by atoms with Crippen molar-refractivity contribution < 1.29 is 9.18 Å². The van der Waals surface area contributed by atoms with Crippen LogP contribution >= 0.6 is 34.8 Å². The van der Waals surface area contributed by atoms with Gasteiger partial charge in [-0.15, -0.1) is 0 Å². The van der Waals surface area contributed by atoms with Crippen LogP contribution in [0.2, 0.25) is 15.3 Å². The highest BCUT2D eigenvalue weighted by molar-refractivity contribution is 6.38. The van der Waals surface area contributed by atoms with Crippen molar-refractivity contribution in [1.29, 1.82) is 0 Å². The minimum Gasteiger partial charge on any atom is -0.298 e. The molecule has 1 heterocycles. The lowest BCUT2D eigenvalue weighted by Crippen LogP contribution is -1.98. The molecule has 17 heavy (non-hydrogen) atoms. The Labute approximate surface area is 111 Å². The van der Waals surface area contributed by atoms with E-state index in [1.807, 2.05) is 0 Å². The predicted octanol–water partition coefficient (Wildman–Crippen LogP) is 3.78. The molecule has 2 rings (SSSR count). The van der Waals surface area contributed by atoms with E-state index in [-0.39, 0.29) is 26.6 Å². The van der Waals surface area contributed by atoms with Gasteiger partial charge in [-0.05, 0) is 12.1 Å². The average Bonchev–Trinajstić information content (AvgIpc) is 2.57. The summed E-state index contributed by atoms with van der Waals surface area (Å²) in [6.07, 6.45) is 0.474. The molecule has 0 aliphatic rings. The summed E-state index contributed by atoms with van der Waals surface area (Å²) in [4.78, 5) is 10.7. The fourth-order valence-electron chi connectivity index (χ4n) is 1.29. The molecular weight excluding hydrogens is 289 g/mol. The topological polar surface area (TPSA) is 34.9 Å². The van der Waals surface area contributed by atoms with Gasteiger partial charge in [0.1, 0.15) is 11.0 Å². The summed E-state index contributed by atoms with van der Waals surface area (Å²) in [5.74, 6) is -0.500. The lowest BCUT2D eigenvalue weighted by atomic mass is 10.3. The van der Waals surface area contributed by atoms with E-state index < -0.39 is 5.82 Å². The third-order valence-corrected chi connectivity index (χ3v) is 3.03. The maximum Gasteiger partial charge on any atom is 0.163 e. The van der Waals surface area contributed by atoms with Gasteiger partial charge < -0.3 is 0 Å². The Balaban J connectivity index is 2.68. The number of carbonyl (C=O) groups excluding carboxylic acids is 1. The van der Waals surface area contributed by atoms with E-state index in [4.69, 9.17) is 34.8 Å². The number of nitrogens with zero attached hydrogens (tertiary/aromatic N) is 2. The van der Waals surface area contributed by atoms with Crippen LogP contribution in [0.25, 0.3) is 5.69 Å². The zero-order chi connectivity index (χ0) is 12.6. The fourth-order valence-corrected chi connectivity index (χ4v) is 2.01. The Hall–Kier alpha value is -1.10. The van der Waals surface area contributed by atoms with Gasteiger partial charge in [-0.3, -0.25) is 4.79 Å². The Morgan fingerprint density at radius 2 is 2.00 bits per heavy atom. The average molecular weight is 294 g/mol. The van der Waals surface area contributed by atoms with Gasteiger partial charge in [-0.1, -0.05) is 34.8 Å². The van der Waals surface area contributed by atoms with Crippen LogP contribution in [0.4, 0.5) is 4.39 Å². The van der Waals surface area contributed by atoms with Crippen LogP contribution in [0.1, 0.15) is 10.4 Å². The van der Waals surface area contributed by atoms with Crippen molar-refractivity contribution in [3.8, 4) is 5.69 Å². The van der Waals surface area contributed by atoms with Crippen LogP contribution in [0.5, 0.6) is 0 Å². The summed E-state index contributed by atoms with van der Waals surface area (Å²) in [6, 6.07) is 3.70. The molecule has 1 aromatic carbocycles. The zero-order valence-electron chi connectivity index (χ0n) is 8.12. The molecule has 0 unspecified atom stereocenters. The second-order valence-corrected chi connectivity index (χ2v) is 4.24. The van der Waals surface area contributed by atoms with Crippen LogP contribution in [0, 0.1) is 5.82 Å². The maximum absolute atomic E-state index is 13.1. The smallest absolute Gasteiger partial charge is 0.163 e. The molecule has 7 heteroatoms. The fraction of sp³-hybridized carbons (Fsp3) is 0. The van der Waals surface area contributed by atoms with E-state index >= 15 is 0 Å². The van der Waals surface area contributed by atoms with Crippen LogP contribution in [0.3, 0.4) is 0 Å². The van der Waals surface area contributed by atoms with Gasteiger partial charge in [-0.25, -0.2) is 9.07 Å². The van der Waals surface area contributed by atoms with Crippen molar-refractivity contribution in [1.82, 2.24) is 9.78 Å². The van der Waals surface area contributed by atoms with Gasteiger partial charge in [0.05, 0.1) is 16.3 Å². The number of rotatable bonds is 2. The normalized spacial score (nSPS) is 10.6. The largest absolute Gasteiger partial charge is 0.298 e. The number of benzene rings is 1. The zero-order valence-corrected chi connectivity index (χ0v) is 10.4. The van der Waals surface area contributed by atoms with Crippen molar-refractivity contribution in [3.05, 3.63) is 44.9 Å². The number of hydrogen-bond acceptors (Lipinski definition) is 2. The predicted molar refractivity (Wildman–Crippen MR) is 63.9 cm³/mol.